The molecule has 1 atom stereocenters. The number of hydrogen-bond acceptors (Lipinski definition) is 3. The van der Waals surface area contributed by atoms with Crippen molar-refractivity contribution in [3.05, 3.63) is 36.5 Å². The molecule has 0 aromatic carbocycles. The van der Waals surface area contributed by atoms with Crippen LogP contribution < -0.4 is 0 Å². The third-order valence-corrected chi connectivity index (χ3v) is 2.93. The van der Waals surface area contributed by atoms with Crippen LogP contribution in [0.1, 0.15) is 44.9 Å². The van der Waals surface area contributed by atoms with Crippen LogP contribution in [0.2, 0.25) is 0 Å². The summed E-state index contributed by atoms with van der Waals surface area (Å²) >= 11 is 0. The highest BCUT2D eigenvalue weighted by Crippen LogP contribution is 2.26. The van der Waals surface area contributed by atoms with Gasteiger partial charge in [0.2, 0.25) is 0 Å². The van der Waals surface area contributed by atoms with Crippen molar-refractivity contribution in [3.8, 4) is 11.4 Å². The molecule has 0 aliphatic rings. The van der Waals surface area contributed by atoms with Crippen LogP contribution in [-0.2, 0) is 0 Å². The van der Waals surface area contributed by atoms with Gasteiger partial charge < -0.3 is 4.42 Å². The van der Waals surface area contributed by atoms with Gasteiger partial charge in [-0.15, -0.1) is 0 Å². The van der Waals surface area contributed by atoms with Crippen molar-refractivity contribution in [1.82, 2.24) is 9.97 Å². The fraction of sp³-hybridized carbons (Fsp3) is 0.429. The predicted octanol–water partition coefficient (Wildman–Crippen LogP) is 4.03. The maximum absolute atomic E-state index is 5.57. The Morgan fingerprint density at radius 1 is 1.24 bits per heavy atom. The standard InChI is InChI=1S/C14H18N2O/c1-3-7-11(4-2)14-16-13(10-17-14)12-8-5-6-9-15-12/h5-6,8-11H,3-4,7H2,1-2H3. The van der Waals surface area contributed by atoms with Gasteiger partial charge in [-0.05, 0) is 25.0 Å². The highest BCUT2D eigenvalue weighted by atomic mass is 16.3. The van der Waals surface area contributed by atoms with Gasteiger partial charge >= 0.3 is 0 Å². The number of pyridine rings is 1. The van der Waals surface area contributed by atoms with Gasteiger partial charge in [-0.25, -0.2) is 4.98 Å². The molecule has 2 rings (SSSR count). The lowest BCUT2D eigenvalue weighted by Gasteiger charge is -2.07. The largest absolute Gasteiger partial charge is 0.448 e. The average molecular weight is 230 g/mol. The molecule has 2 aromatic rings. The zero-order chi connectivity index (χ0) is 12.1. The van der Waals surface area contributed by atoms with Crippen molar-refractivity contribution in [2.75, 3.05) is 0 Å². The first-order chi connectivity index (χ1) is 8.35. The van der Waals surface area contributed by atoms with E-state index in [4.69, 9.17) is 4.42 Å². The monoisotopic (exact) mass is 230 g/mol. The van der Waals surface area contributed by atoms with Gasteiger partial charge in [0.15, 0.2) is 5.89 Å². The van der Waals surface area contributed by atoms with E-state index in [0.29, 0.717) is 5.92 Å². The van der Waals surface area contributed by atoms with Gasteiger partial charge in [-0.2, -0.15) is 0 Å². The Morgan fingerprint density at radius 3 is 2.76 bits per heavy atom. The molecule has 1 unspecified atom stereocenters. The minimum atomic E-state index is 0.428. The van der Waals surface area contributed by atoms with Crippen molar-refractivity contribution in [1.29, 1.82) is 0 Å². The van der Waals surface area contributed by atoms with Crippen LogP contribution in [0.5, 0.6) is 0 Å². The van der Waals surface area contributed by atoms with Crippen LogP contribution in [-0.4, -0.2) is 9.97 Å². The van der Waals surface area contributed by atoms with Crippen molar-refractivity contribution in [2.45, 2.75) is 39.0 Å². The fourth-order valence-electron chi connectivity index (χ4n) is 1.96. The first-order valence-electron chi connectivity index (χ1n) is 6.22. The van der Waals surface area contributed by atoms with E-state index in [9.17, 15) is 0 Å². The quantitative estimate of drug-likeness (QED) is 0.778. The van der Waals surface area contributed by atoms with Gasteiger partial charge in [0.05, 0.1) is 5.69 Å². The minimum Gasteiger partial charge on any atom is -0.448 e. The number of oxazole rings is 1. The summed E-state index contributed by atoms with van der Waals surface area (Å²) in [6.45, 7) is 4.36. The Hall–Kier alpha value is -1.64. The molecule has 17 heavy (non-hydrogen) atoms. The van der Waals surface area contributed by atoms with Gasteiger partial charge in [0.25, 0.3) is 0 Å². The molecule has 0 aliphatic carbocycles. The summed E-state index contributed by atoms with van der Waals surface area (Å²) in [5, 5.41) is 0. The first kappa shape index (κ1) is 11.8. The van der Waals surface area contributed by atoms with E-state index in [1.54, 1.807) is 12.5 Å². The maximum Gasteiger partial charge on any atom is 0.197 e. The van der Waals surface area contributed by atoms with Crippen LogP contribution >= 0.6 is 0 Å². The number of hydrogen-bond donors (Lipinski definition) is 0. The Bertz CT molecular complexity index is 450. The summed E-state index contributed by atoms with van der Waals surface area (Å²) in [4.78, 5) is 8.81. The van der Waals surface area contributed by atoms with E-state index in [1.807, 2.05) is 18.2 Å². The topological polar surface area (TPSA) is 38.9 Å². The van der Waals surface area contributed by atoms with Crippen LogP contribution in [0, 0.1) is 0 Å². The van der Waals surface area contributed by atoms with Gasteiger partial charge in [-0.3, -0.25) is 4.98 Å². The third-order valence-electron chi connectivity index (χ3n) is 2.93. The summed E-state index contributed by atoms with van der Waals surface area (Å²) < 4.78 is 5.57. The maximum atomic E-state index is 5.57. The Kier molecular flexibility index (Phi) is 3.91. The zero-order valence-corrected chi connectivity index (χ0v) is 10.4. The van der Waals surface area contributed by atoms with Crippen molar-refractivity contribution in [2.24, 2.45) is 0 Å². The van der Waals surface area contributed by atoms with E-state index in [-0.39, 0.29) is 0 Å². The lowest BCUT2D eigenvalue weighted by atomic mass is 10.0. The van der Waals surface area contributed by atoms with E-state index in [1.165, 1.54) is 0 Å². The second kappa shape index (κ2) is 5.62. The number of nitrogens with zero attached hydrogens (tertiary/aromatic N) is 2. The zero-order valence-electron chi connectivity index (χ0n) is 10.4. The third kappa shape index (κ3) is 2.73. The van der Waals surface area contributed by atoms with Crippen molar-refractivity contribution < 1.29 is 4.42 Å². The molecule has 2 aromatic heterocycles. The lowest BCUT2D eigenvalue weighted by molar-refractivity contribution is 0.421. The Balaban J connectivity index is 2.21. The lowest BCUT2D eigenvalue weighted by Crippen LogP contribution is -1.97. The molecular formula is C14H18N2O. The predicted molar refractivity (Wildman–Crippen MR) is 67.7 cm³/mol. The highest BCUT2D eigenvalue weighted by Gasteiger charge is 2.15. The second-order valence-electron chi connectivity index (χ2n) is 4.18. The van der Waals surface area contributed by atoms with Gasteiger partial charge in [0, 0.05) is 12.1 Å². The highest BCUT2D eigenvalue weighted by molar-refractivity contribution is 5.51. The number of aromatic nitrogens is 2. The summed E-state index contributed by atoms with van der Waals surface area (Å²) in [6.07, 6.45) is 6.82. The van der Waals surface area contributed by atoms with Crippen molar-refractivity contribution in [3.63, 3.8) is 0 Å². The van der Waals surface area contributed by atoms with E-state index >= 15 is 0 Å². The van der Waals surface area contributed by atoms with Crippen molar-refractivity contribution >= 4 is 0 Å². The molecule has 0 aliphatic heterocycles. The summed E-state index contributed by atoms with van der Waals surface area (Å²) in [5.74, 6) is 1.27. The molecule has 3 nitrogen and oxygen atoms in total. The van der Waals surface area contributed by atoms with Crippen LogP contribution in [0.3, 0.4) is 0 Å². The van der Waals surface area contributed by atoms with Crippen LogP contribution in [0.15, 0.2) is 35.1 Å². The van der Waals surface area contributed by atoms with Gasteiger partial charge in [0.1, 0.15) is 12.0 Å². The first-order valence-corrected chi connectivity index (χ1v) is 6.22. The molecule has 3 heteroatoms. The molecule has 0 N–H and O–H groups in total. The molecule has 90 valence electrons. The molecular weight excluding hydrogens is 212 g/mol. The molecule has 0 fully saturated rings. The average Bonchev–Trinajstić information content (AvgIpc) is 2.86. The molecule has 2 heterocycles. The van der Waals surface area contributed by atoms with Gasteiger partial charge in [-0.1, -0.05) is 26.3 Å². The molecule has 0 bridgehead atoms. The Morgan fingerprint density at radius 2 is 2.12 bits per heavy atom. The van der Waals surface area contributed by atoms with Crippen LogP contribution in [0.25, 0.3) is 11.4 Å². The van der Waals surface area contributed by atoms with E-state index in [2.05, 4.69) is 23.8 Å². The summed E-state index contributed by atoms with van der Waals surface area (Å²) in [7, 11) is 0. The summed E-state index contributed by atoms with van der Waals surface area (Å²) in [6, 6.07) is 5.80. The van der Waals surface area contributed by atoms with Crippen LogP contribution in [0.4, 0.5) is 0 Å². The SMILES string of the molecule is CCCC(CC)c1nc(-c2ccccn2)co1. The second-order valence-corrected chi connectivity index (χ2v) is 4.18. The molecule has 0 saturated heterocycles. The molecule has 0 radical (unpaired) electrons. The minimum absolute atomic E-state index is 0.428. The fourth-order valence-corrected chi connectivity index (χ4v) is 1.96. The normalized spacial score (nSPS) is 12.6. The van der Waals surface area contributed by atoms with E-state index < -0.39 is 0 Å². The Labute approximate surface area is 102 Å². The molecule has 0 saturated carbocycles. The molecule has 0 amide bonds. The number of rotatable bonds is 5. The summed E-state index contributed by atoms with van der Waals surface area (Å²) in [5.41, 5.74) is 1.70. The molecule has 0 spiro atoms. The van der Waals surface area contributed by atoms with E-state index in [0.717, 1.165) is 36.5 Å². The smallest absolute Gasteiger partial charge is 0.197 e.